The van der Waals surface area contributed by atoms with E-state index in [0.29, 0.717) is 37.5 Å². The molecule has 3 aromatic rings. The van der Waals surface area contributed by atoms with Gasteiger partial charge in [-0.15, -0.1) is 0 Å². The Morgan fingerprint density at radius 2 is 1.71 bits per heavy atom. The Morgan fingerprint density at radius 3 is 2.47 bits per heavy atom. The molecule has 1 aromatic heterocycles. The van der Waals surface area contributed by atoms with E-state index in [1.165, 1.54) is 5.56 Å². The molecule has 6 nitrogen and oxygen atoms in total. The maximum atomic E-state index is 13.3. The third-order valence-electron chi connectivity index (χ3n) is 7.36. The molecule has 1 saturated heterocycles. The lowest BCUT2D eigenvalue weighted by Gasteiger charge is -2.32. The summed E-state index contributed by atoms with van der Waals surface area (Å²) in [7, 11) is 0. The number of aryl methyl sites for hydroxylation is 1. The van der Waals surface area contributed by atoms with Crippen molar-refractivity contribution < 1.29 is 9.59 Å². The molecule has 0 unspecified atom stereocenters. The Kier molecular flexibility index (Phi) is 6.48. The number of nitrogens with zero attached hydrogens (tertiary/aromatic N) is 3. The van der Waals surface area contributed by atoms with E-state index in [-0.39, 0.29) is 11.8 Å². The SMILES string of the molecule is Cc1ccccc1CC(=O)N1CCc2[nH]nc(C(=O)N3CCC(Cc4ccccc4)CC3)c2C1. The van der Waals surface area contributed by atoms with Crippen LogP contribution in [-0.4, -0.2) is 51.4 Å². The lowest BCUT2D eigenvalue weighted by Crippen LogP contribution is -2.41. The Bertz CT molecular complexity index is 1160. The highest BCUT2D eigenvalue weighted by molar-refractivity contribution is 5.94. The largest absolute Gasteiger partial charge is 0.338 e. The van der Waals surface area contributed by atoms with Gasteiger partial charge in [0.2, 0.25) is 5.91 Å². The Balaban J connectivity index is 1.21. The standard InChI is InChI=1S/C28H32N4O2/c1-20-7-5-6-10-23(20)18-26(33)32-16-13-25-24(19-32)27(30-29-25)28(34)31-14-11-22(12-15-31)17-21-8-3-2-4-9-21/h2-10,22H,11-19H2,1H3,(H,29,30). The smallest absolute Gasteiger partial charge is 0.274 e. The molecule has 0 saturated carbocycles. The van der Waals surface area contributed by atoms with E-state index in [9.17, 15) is 9.59 Å². The maximum Gasteiger partial charge on any atom is 0.274 e. The van der Waals surface area contributed by atoms with Crippen molar-refractivity contribution >= 4 is 11.8 Å². The minimum atomic E-state index is -0.0103. The fourth-order valence-electron chi connectivity index (χ4n) is 5.21. The van der Waals surface area contributed by atoms with Crippen LogP contribution in [0.3, 0.4) is 0 Å². The fraction of sp³-hybridized carbons (Fsp3) is 0.393. The van der Waals surface area contributed by atoms with Crippen molar-refractivity contribution in [1.82, 2.24) is 20.0 Å². The van der Waals surface area contributed by atoms with Gasteiger partial charge in [0.15, 0.2) is 5.69 Å². The number of rotatable bonds is 5. The number of aromatic nitrogens is 2. The molecule has 6 heteroatoms. The molecule has 0 bridgehead atoms. The Morgan fingerprint density at radius 1 is 0.971 bits per heavy atom. The maximum absolute atomic E-state index is 13.3. The first kappa shape index (κ1) is 22.4. The molecular weight excluding hydrogens is 424 g/mol. The first-order chi connectivity index (χ1) is 16.6. The number of carbonyl (C=O) groups is 2. The average molecular weight is 457 g/mol. The van der Waals surface area contributed by atoms with Gasteiger partial charge in [-0.3, -0.25) is 14.7 Å². The molecule has 176 valence electrons. The van der Waals surface area contributed by atoms with Gasteiger partial charge in [0.1, 0.15) is 0 Å². The van der Waals surface area contributed by atoms with Crippen molar-refractivity contribution in [3.8, 4) is 0 Å². The summed E-state index contributed by atoms with van der Waals surface area (Å²) >= 11 is 0. The minimum Gasteiger partial charge on any atom is -0.338 e. The first-order valence-corrected chi connectivity index (χ1v) is 12.3. The molecule has 2 aromatic carbocycles. The lowest BCUT2D eigenvalue weighted by atomic mass is 9.90. The topological polar surface area (TPSA) is 69.3 Å². The van der Waals surface area contributed by atoms with Crippen LogP contribution in [0, 0.1) is 12.8 Å². The number of aromatic amines is 1. The zero-order valence-corrected chi connectivity index (χ0v) is 19.8. The van der Waals surface area contributed by atoms with Gasteiger partial charge in [-0.1, -0.05) is 54.6 Å². The molecule has 34 heavy (non-hydrogen) atoms. The van der Waals surface area contributed by atoms with E-state index in [4.69, 9.17) is 0 Å². The van der Waals surface area contributed by atoms with E-state index in [0.717, 1.165) is 54.7 Å². The number of carbonyl (C=O) groups excluding carboxylic acids is 2. The van der Waals surface area contributed by atoms with Gasteiger partial charge < -0.3 is 9.80 Å². The van der Waals surface area contributed by atoms with Gasteiger partial charge in [-0.05, 0) is 48.8 Å². The molecule has 1 N–H and O–H groups in total. The average Bonchev–Trinajstić information content (AvgIpc) is 3.29. The molecule has 2 aliphatic rings. The Hall–Kier alpha value is -3.41. The number of H-pyrrole nitrogens is 1. The highest BCUT2D eigenvalue weighted by atomic mass is 16.2. The molecule has 2 amide bonds. The normalized spacial score (nSPS) is 16.4. The molecular formula is C28H32N4O2. The lowest BCUT2D eigenvalue weighted by molar-refractivity contribution is -0.131. The van der Waals surface area contributed by atoms with Crippen LogP contribution in [-0.2, 0) is 30.6 Å². The zero-order valence-electron chi connectivity index (χ0n) is 19.8. The number of hydrogen-bond donors (Lipinski definition) is 1. The van der Waals surface area contributed by atoms with Crippen LogP contribution in [0.5, 0.6) is 0 Å². The van der Waals surface area contributed by atoms with E-state index in [1.54, 1.807) is 0 Å². The predicted molar refractivity (Wildman–Crippen MR) is 131 cm³/mol. The number of hydrogen-bond acceptors (Lipinski definition) is 3. The van der Waals surface area contributed by atoms with Crippen LogP contribution in [0.2, 0.25) is 0 Å². The highest BCUT2D eigenvalue weighted by Crippen LogP contribution is 2.26. The summed E-state index contributed by atoms with van der Waals surface area (Å²) in [6, 6.07) is 18.6. The van der Waals surface area contributed by atoms with Gasteiger partial charge in [0.25, 0.3) is 5.91 Å². The Labute approximate surface area is 201 Å². The molecule has 5 rings (SSSR count). The molecule has 0 spiro atoms. The second-order valence-corrected chi connectivity index (χ2v) is 9.62. The fourth-order valence-corrected chi connectivity index (χ4v) is 5.21. The molecule has 2 aliphatic heterocycles. The van der Waals surface area contributed by atoms with Crippen molar-refractivity contribution in [3.63, 3.8) is 0 Å². The molecule has 0 radical (unpaired) electrons. The molecule has 1 fully saturated rings. The zero-order chi connectivity index (χ0) is 23.5. The summed E-state index contributed by atoms with van der Waals surface area (Å²) in [4.78, 5) is 30.2. The van der Waals surface area contributed by atoms with Gasteiger partial charge in [0.05, 0.1) is 6.42 Å². The molecule has 0 atom stereocenters. The van der Waals surface area contributed by atoms with E-state index in [2.05, 4.69) is 34.5 Å². The van der Waals surface area contributed by atoms with Crippen molar-refractivity contribution in [2.45, 2.75) is 45.6 Å². The summed E-state index contributed by atoms with van der Waals surface area (Å²) in [6.45, 7) is 4.65. The summed E-state index contributed by atoms with van der Waals surface area (Å²) in [5, 5.41) is 7.47. The summed E-state index contributed by atoms with van der Waals surface area (Å²) in [6.07, 6.45) is 4.17. The third-order valence-corrected chi connectivity index (χ3v) is 7.36. The van der Waals surface area contributed by atoms with Crippen LogP contribution < -0.4 is 0 Å². The van der Waals surface area contributed by atoms with Crippen molar-refractivity contribution in [2.75, 3.05) is 19.6 Å². The van der Waals surface area contributed by atoms with Crippen LogP contribution in [0.25, 0.3) is 0 Å². The highest BCUT2D eigenvalue weighted by Gasteiger charge is 2.31. The number of benzene rings is 2. The number of likely N-dealkylation sites (tertiary alicyclic amines) is 1. The number of fused-ring (bicyclic) bond motifs is 1. The molecule has 3 heterocycles. The summed E-state index contributed by atoms with van der Waals surface area (Å²) in [5.41, 5.74) is 5.92. The monoisotopic (exact) mass is 456 g/mol. The van der Waals surface area contributed by atoms with Gasteiger partial charge in [-0.2, -0.15) is 5.10 Å². The quantitative estimate of drug-likeness (QED) is 0.632. The van der Waals surface area contributed by atoms with E-state index >= 15 is 0 Å². The molecule has 0 aliphatic carbocycles. The summed E-state index contributed by atoms with van der Waals surface area (Å²) < 4.78 is 0. The van der Waals surface area contributed by atoms with Gasteiger partial charge in [0, 0.05) is 43.9 Å². The van der Waals surface area contributed by atoms with Gasteiger partial charge >= 0.3 is 0 Å². The van der Waals surface area contributed by atoms with Crippen LogP contribution >= 0.6 is 0 Å². The van der Waals surface area contributed by atoms with Crippen LogP contribution in [0.15, 0.2) is 54.6 Å². The summed E-state index contributed by atoms with van der Waals surface area (Å²) in [5.74, 6) is 0.694. The van der Waals surface area contributed by atoms with Crippen molar-refractivity contribution in [2.24, 2.45) is 5.92 Å². The van der Waals surface area contributed by atoms with E-state index < -0.39 is 0 Å². The van der Waals surface area contributed by atoms with Crippen LogP contribution in [0.4, 0.5) is 0 Å². The second-order valence-electron chi connectivity index (χ2n) is 9.62. The number of nitrogens with one attached hydrogen (secondary N) is 1. The number of piperidine rings is 1. The third kappa shape index (κ3) is 4.76. The second kappa shape index (κ2) is 9.84. The van der Waals surface area contributed by atoms with E-state index in [1.807, 2.05) is 47.1 Å². The first-order valence-electron chi connectivity index (χ1n) is 12.3. The van der Waals surface area contributed by atoms with Crippen molar-refractivity contribution in [1.29, 1.82) is 0 Å². The van der Waals surface area contributed by atoms with Crippen molar-refractivity contribution in [3.05, 3.63) is 88.2 Å². The minimum absolute atomic E-state index is 0.0103. The number of amides is 2. The predicted octanol–water partition coefficient (Wildman–Crippen LogP) is 3.94. The van der Waals surface area contributed by atoms with Crippen LogP contribution in [0.1, 0.15) is 51.3 Å². The van der Waals surface area contributed by atoms with Gasteiger partial charge in [-0.25, -0.2) is 0 Å².